The van der Waals surface area contributed by atoms with Crippen LogP contribution >= 0.6 is 11.3 Å². The van der Waals surface area contributed by atoms with E-state index >= 15 is 0 Å². The number of nitriles is 2. The molecule has 0 fully saturated rings. The lowest BCUT2D eigenvalue weighted by Gasteiger charge is -2.11. The number of hydrogen-bond donors (Lipinski definition) is 1. The number of allylic oxidation sites excluding steroid dienone is 1. The average Bonchev–Trinajstić information content (AvgIpc) is 3.09. The highest BCUT2D eigenvalue weighted by molar-refractivity contribution is 7.15. The van der Waals surface area contributed by atoms with Gasteiger partial charge in [-0.25, -0.2) is 4.79 Å². The molecular weight excluding hydrogens is 334 g/mol. The van der Waals surface area contributed by atoms with Crippen LogP contribution in [0.25, 0.3) is 11.1 Å². The Kier molecular flexibility index (Phi) is 4.48. The summed E-state index contributed by atoms with van der Waals surface area (Å²) in [4.78, 5) is 13.1. The van der Waals surface area contributed by atoms with E-state index in [1.165, 1.54) is 0 Å². The molecule has 1 aliphatic carbocycles. The molecule has 126 valence electrons. The summed E-state index contributed by atoms with van der Waals surface area (Å²) < 4.78 is 1.94. The van der Waals surface area contributed by atoms with E-state index in [1.807, 2.05) is 36.6 Å². The van der Waals surface area contributed by atoms with E-state index in [9.17, 15) is 9.90 Å². The lowest BCUT2D eigenvalue weighted by atomic mass is 9.95. The van der Waals surface area contributed by atoms with Gasteiger partial charge in [-0.15, -0.1) is 11.3 Å². The summed E-state index contributed by atoms with van der Waals surface area (Å²) >= 11 is 1.55. The summed E-state index contributed by atoms with van der Waals surface area (Å²) in [6, 6.07) is 5.61. The zero-order valence-corrected chi connectivity index (χ0v) is 14.9. The van der Waals surface area contributed by atoms with Crippen LogP contribution < -0.4 is 0 Å². The van der Waals surface area contributed by atoms with Crippen LogP contribution in [0.2, 0.25) is 0 Å². The molecule has 0 amide bonds. The van der Waals surface area contributed by atoms with E-state index in [4.69, 9.17) is 10.5 Å². The van der Waals surface area contributed by atoms with Gasteiger partial charge in [0.1, 0.15) is 22.7 Å². The van der Waals surface area contributed by atoms with Crippen molar-refractivity contribution in [3.63, 3.8) is 0 Å². The van der Waals surface area contributed by atoms with Crippen LogP contribution in [-0.4, -0.2) is 15.6 Å². The summed E-state index contributed by atoms with van der Waals surface area (Å²) in [6.45, 7) is 3.79. The molecule has 1 N–H and O–H groups in total. The van der Waals surface area contributed by atoms with Crippen LogP contribution in [0, 0.1) is 36.5 Å². The maximum absolute atomic E-state index is 11.9. The number of nitrogens with zero attached hydrogens (tertiary/aromatic N) is 3. The van der Waals surface area contributed by atoms with E-state index in [-0.39, 0.29) is 5.57 Å². The van der Waals surface area contributed by atoms with Crippen molar-refractivity contribution in [3.05, 3.63) is 44.6 Å². The molecule has 1 aliphatic rings. The molecule has 0 saturated carbocycles. The quantitative estimate of drug-likeness (QED) is 0.841. The highest BCUT2D eigenvalue weighted by Crippen LogP contribution is 2.38. The summed E-state index contributed by atoms with van der Waals surface area (Å²) in [5.74, 6) is -0.895. The molecule has 6 heteroatoms. The molecule has 2 aromatic heterocycles. The van der Waals surface area contributed by atoms with Gasteiger partial charge in [0.25, 0.3) is 0 Å². The van der Waals surface area contributed by atoms with Crippen molar-refractivity contribution in [1.82, 2.24) is 4.57 Å². The fourth-order valence-corrected chi connectivity index (χ4v) is 4.91. The molecule has 25 heavy (non-hydrogen) atoms. The van der Waals surface area contributed by atoms with Crippen LogP contribution in [0.4, 0.5) is 0 Å². The van der Waals surface area contributed by atoms with E-state index < -0.39 is 5.97 Å². The molecule has 0 saturated heterocycles. The largest absolute Gasteiger partial charge is 0.478 e. The van der Waals surface area contributed by atoms with Crippen molar-refractivity contribution >= 4 is 23.4 Å². The van der Waals surface area contributed by atoms with E-state index in [0.29, 0.717) is 5.56 Å². The van der Waals surface area contributed by atoms with Crippen molar-refractivity contribution in [2.45, 2.75) is 39.5 Å². The standard InChI is InChI=1S/C19H17N3O2S/c1-11-7-14(8-13(9-20)10-21)12(2)22(11)18-17(19(23)24)15-5-3-4-6-16(15)25-18/h7-8H,3-6H2,1-2H3,(H,23,24). The maximum Gasteiger partial charge on any atom is 0.339 e. The minimum absolute atomic E-state index is 0.0317. The first-order valence-corrected chi connectivity index (χ1v) is 8.88. The predicted octanol–water partition coefficient (Wildman–Crippen LogP) is 4.16. The third-order valence-corrected chi connectivity index (χ3v) is 5.86. The number of aromatic nitrogens is 1. The molecule has 0 bridgehead atoms. The molecule has 0 atom stereocenters. The van der Waals surface area contributed by atoms with Crippen LogP contribution in [0.5, 0.6) is 0 Å². The fraction of sp³-hybridized carbons (Fsp3) is 0.316. The van der Waals surface area contributed by atoms with Gasteiger partial charge < -0.3 is 9.67 Å². The van der Waals surface area contributed by atoms with Crippen molar-refractivity contribution in [2.24, 2.45) is 0 Å². The Morgan fingerprint density at radius 1 is 1.28 bits per heavy atom. The van der Waals surface area contributed by atoms with E-state index in [1.54, 1.807) is 17.4 Å². The number of carboxylic acid groups (broad SMARTS) is 1. The predicted molar refractivity (Wildman–Crippen MR) is 95.9 cm³/mol. The van der Waals surface area contributed by atoms with Crippen molar-refractivity contribution in [3.8, 4) is 17.1 Å². The maximum atomic E-state index is 11.9. The third kappa shape index (κ3) is 2.86. The summed E-state index contributed by atoms with van der Waals surface area (Å²) in [6.07, 6.45) is 5.41. The third-order valence-electron chi connectivity index (χ3n) is 4.58. The van der Waals surface area contributed by atoms with Crippen molar-refractivity contribution in [1.29, 1.82) is 10.5 Å². The molecule has 0 radical (unpaired) electrons. The Balaban J connectivity index is 2.22. The first-order chi connectivity index (χ1) is 12.0. The number of aromatic carboxylic acids is 1. The van der Waals surface area contributed by atoms with E-state index in [2.05, 4.69) is 0 Å². The van der Waals surface area contributed by atoms with Gasteiger partial charge >= 0.3 is 5.97 Å². The van der Waals surface area contributed by atoms with Gasteiger partial charge in [0.2, 0.25) is 0 Å². The van der Waals surface area contributed by atoms with Gasteiger partial charge in [0.05, 0.1) is 5.56 Å². The summed E-state index contributed by atoms with van der Waals surface area (Å²) in [5.41, 5.74) is 3.89. The van der Waals surface area contributed by atoms with Gasteiger partial charge in [-0.2, -0.15) is 10.5 Å². The smallest absolute Gasteiger partial charge is 0.339 e. The zero-order chi connectivity index (χ0) is 18.1. The summed E-state index contributed by atoms with van der Waals surface area (Å²) in [7, 11) is 0. The second-order valence-electron chi connectivity index (χ2n) is 6.14. The SMILES string of the molecule is Cc1cc(C=C(C#N)C#N)c(C)n1-c1sc2c(c1C(=O)O)CCCC2. The number of fused-ring (bicyclic) bond motifs is 1. The van der Waals surface area contributed by atoms with Crippen LogP contribution in [-0.2, 0) is 12.8 Å². The number of thiophene rings is 1. The van der Waals surface area contributed by atoms with Gasteiger partial charge in [0, 0.05) is 16.3 Å². The molecule has 2 aromatic rings. The minimum Gasteiger partial charge on any atom is -0.478 e. The van der Waals surface area contributed by atoms with Gasteiger partial charge in [-0.05, 0) is 62.8 Å². The number of hydrogen-bond acceptors (Lipinski definition) is 4. The Labute approximate surface area is 150 Å². The lowest BCUT2D eigenvalue weighted by molar-refractivity contribution is 0.0696. The highest BCUT2D eigenvalue weighted by atomic mass is 32.1. The second-order valence-corrected chi connectivity index (χ2v) is 7.22. The molecule has 0 unspecified atom stereocenters. The van der Waals surface area contributed by atoms with Crippen LogP contribution in [0.15, 0.2) is 11.6 Å². The zero-order valence-electron chi connectivity index (χ0n) is 14.1. The van der Waals surface area contributed by atoms with E-state index in [0.717, 1.165) is 58.1 Å². The number of carboxylic acids is 1. The Morgan fingerprint density at radius 2 is 1.96 bits per heavy atom. The second kappa shape index (κ2) is 6.58. The van der Waals surface area contributed by atoms with Crippen LogP contribution in [0.3, 0.4) is 0 Å². The molecule has 0 spiro atoms. The molecular formula is C19H17N3O2S. The Morgan fingerprint density at radius 3 is 2.60 bits per heavy atom. The van der Waals surface area contributed by atoms with Crippen molar-refractivity contribution in [2.75, 3.05) is 0 Å². The molecule has 5 nitrogen and oxygen atoms in total. The molecule has 3 rings (SSSR count). The monoisotopic (exact) mass is 351 g/mol. The lowest BCUT2D eigenvalue weighted by Crippen LogP contribution is -2.09. The van der Waals surface area contributed by atoms with Gasteiger partial charge in [0.15, 0.2) is 0 Å². The van der Waals surface area contributed by atoms with Gasteiger partial charge in [-0.1, -0.05) is 0 Å². The molecule has 0 aromatic carbocycles. The minimum atomic E-state index is -0.895. The summed E-state index contributed by atoms with van der Waals surface area (Å²) in [5, 5.41) is 28.5. The number of carbonyl (C=O) groups is 1. The number of aryl methyl sites for hydroxylation is 2. The first-order valence-electron chi connectivity index (χ1n) is 8.07. The fourth-order valence-electron chi connectivity index (χ4n) is 3.42. The molecule has 2 heterocycles. The first kappa shape index (κ1) is 17.0. The molecule has 0 aliphatic heterocycles. The normalized spacial score (nSPS) is 12.8. The van der Waals surface area contributed by atoms with Crippen molar-refractivity contribution < 1.29 is 9.90 Å². The van der Waals surface area contributed by atoms with Gasteiger partial charge in [-0.3, -0.25) is 0 Å². The Bertz CT molecular complexity index is 964. The highest BCUT2D eigenvalue weighted by Gasteiger charge is 2.27. The number of rotatable bonds is 3. The average molecular weight is 351 g/mol. The van der Waals surface area contributed by atoms with Crippen LogP contribution in [0.1, 0.15) is 50.6 Å². The Hall–Kier alpha value is -2.83. The topological polar surface area (TPSA) is 89.8 Å².